The number of aldehydes is 1. The van der Waals surface area contributed by atoms with Crippen LogP contribution in [-0.2, 0) is 0 Å². The van der Waals surface area contributed by atoms with Gasteiger partial charge in [0, 0.05) is 30.7 Å². The molecule has 0 fully saturated rings. The van der Waals surface area contributed by atoms with Crippen LogP contribution < -0.4 is 5.32 Å². The molecule has 0 saturated carbocycles. The fraction of sp³-hybridized carbons (Fsp3) is 0.111. The first-order valence-electron chi connectivity index (χ1n) is 3.96. The summed E-state index contributed by atoms with van der Waals surface area (Å²) in [6.07, 6.45) is 4.17. The highest BCUT2D eigenvalue weighted by atomic mass is 16.1. The summed E-state index contributed by atoms with van der Waals surface area (Å²) in [4.78, 5) is 17.7. The van der Waals surface area contributed by atoms with Crippen molar-refractivity contribution in [2.45, 2.75) is 0 Å². The number of hydrogen-bond acceptors (Lipinski definition) is 3. The third kappa shape index (κ3) is 1.07. The van der Waals surface area contributed by atoms with E-state index in [1.54, 1.807) is 12.4 Å². The van der Waals surface area contributed by atoms with Crippen LogP contribution in [0.3, 0.4) is 0 Å². The zero-order chi connectivity index (χ0) is 9.26. The fourth-order valence-corrected chi connectivity index (χ4v) is 1.38. The van der Waals surface area contributed by atoms with E-state index in [-0.39, 0.29) is 0 Å². The number of anilines is 1. The second-order valence-corrected chi connectivity index (χ2v) is 2.69. The largest absolute Gasteiger partial charge is 0.387 e. The lowest BCUT2D eigenvalue weighted by Crippen LogP contribution is -1.90. The molecule has 0 aliphatic rings. The molecule has 2 aromatic rings. The van der Waals surface area contributed by atoms with Crippen molar-refractivity contribution < 1.29 is 4.79 Å². The molecular weight excluding hydrogens is 166 g/mol. The van der Waals surface area contributed by atoms with E-state index in [0.29, 0.717) is 5.56 Å². The van der Waals surface area contributed by atoms with E-state index >= 15 is 0 Å². The van der Waals surface area contributed by atoms with E-state index in [0.717, 1.165) is 23.0 Å². The van der Waals surface area contributed by atoms with Crippen molar-refractivity contribution in [3.05, 3.63) is 24.0 Å². The van der Waals surface area contributed by atoms with Gasteiger partial charge in [0.25, 0.3) is 0 Å². The molecule has 0 aliphatic heterocycles. The van der Waals surface area contributed by atoms with E-state index in [4.69, 9.17) is 0 Å². The number of fused-ring (bicyclic) bond motifs is 1. The molecule has 2 rings (SSSR count). The van der Waals surface area contributed by atoms with Crippen LogP contribution in [-0.4, -0.2) is 23.3 Å². The molecule has 2 N–H and O–H groups in total. The van der Waals surface area contributed by atoms with Crippen molar-refractivity contribution in [2.24, 2.45) is 0 Å². The summed E-state index contributed by atoms with van der Waals surface area (Å²) in [7, 11) is 1.82. The molecule has 4 heteroatoms. The van der Waals surface area contributed by atoms with Crippen LogP contribution in [0.4, 0.5) is 5.69 Å². The van der Waals surface area contributed by atoms with Crippen molar-refractivity contribution in [3.8, 4) is 0 Å². The second kappa shape index (κ2) is 2.90. The molecule has 0 bridgehead atoms. The second-order valence-electron chi connectivity index (χ2n) is 2.69. The van der Waals surface area contributed by atoms with Gasteiger partial charge in [-0.15, -0.1) is 0 Å². The maximum atomic E-state index is 10.7. The molecule has 0 atom stereocenters. The van der Waals surface area contributed by atoms with Gasteiger partial charge >= 0.3 is 0 Å². The zero-order valence-corrected chi connectivity index (χ0v) is 7.16. The molecule has 0 amide bonds. The molecule has 2 heterocycles. The van der Waals surface area contributed by atoms with Gasteiger partial charge in [-0.05, 0) is 6.07 Å². The van der Waals surface area contributed by atoms with Crippen LogP contribution in [0.2, 0.25) is 0 Å². The summed E-state index contributed by atoms with van der Waals surface area (Å²) >= 11 is 0. The normalized spacial score (nSPS) is 10.2. The molecule has 0 saturated heterocycles. The number of nitrogens with one attached hydrogen (secondary N) is 2. The van der Waals surface area contributed by atoms with Crippen molar-refractivity contribution in [2.75, 3.05) is 12.4 Å². The summed E-state index contributed by atoms with van der Waals surface area (Å²) in [6, 6.07) is 1.84. The number of aromatic nitrogens is 2. The van der Waals surface area contributed by atoms with Gasteiger partial charge in [-0.1, -0.05) is 0 Å². The first-order valence-corrected chi connectivity index (χ1v) is 3.96. The van der Waals surface area contributed by atoms with Crippen molar-refractivity contribution >= 4 is 23.0 Å². The maximum absolute atomic E-state index is 10.7. The van der Waals surface area contributed by atoms with E-state index in [2.05, 4.69) is 15.3 Å². The van der Waals surface area contributed by atoms with Crippen molar-refractivity contribution in [3.63, 3.8) is 0 Å². The number of carbonyl (C=O) groups excluding carboxylic acids is 1. The predicted molar refractivity (Wildman–Crippen MR) is 51.0 cm³/mol. The predicted octanol–water partition coefficient (Wildman–Crippen LogP) is 1.42. The fourth-order valence-electron chi connectivity index (χ4n) is 1.38. The van der Waals surface area contributed by atoms with E-state index in [1.165, 1.54) is 0 Å². The molecule has 2 aromatic heterocycles. The Hall–Kier alpha value is -1.84. The number of H-pyrrole nitrogens is 1. The SMILES string of the molecule is CNc1ccnc2[nH]cc(C=O)c12. The van der Waals surface area contributed by atoms with Gasteiger partial charge in [0.15, 0.2) is 6.29 Å². The van der Waals surface area contributed by atoms with Gasteiger partial charge in [0.2, 0.25) is 0 Å². The molecule has 0 radical (unpaired) electrons. The van der Waals surface area contributed by atoms with Crippen LogP contribution >= 0.6 is 0 Å². The first-order chi connectivity index (χ1) is 6.36. The number of carbonyl (C=O) groups is 1. The van der Waals surface area contributed by atoms with E-state index in [1.807, 2.05) is 13.1 Å². The first kappa shape index (κ1) is 7.79. The van der Waals surface area contributed by atoms with Gasteiger partial charge in [-0.3, -0.25) is 4.79 Å². The van der Waals surface area contributed by atoms with Crippen molar-refractivity contribution in [1.82, 2.24) is 9.97 Å². The number of pyridine rings is 1. The highest BCUT2D eigenvalue weighted by molar-refractivity contribution is 6.02. The average molecular weight is 175 g/mol. The minimum absolute atomic E-state index is 0.632. The molecule has 0 spiro atoms. The zero-order valence-electron chi connectivity index (χ0n) is 7.16. The Morgan fingerprint density at radius 3 is 3.15 bits per heavy atom. The molecule has 66 valence electrons. The van der Waals surface area contributed by atoms with Crippen LogP contribution in [0.25, 0.3) is 11.0 Å². The third-order valence-corrected chi connectivity index (χ3v) is 2.00. The van der Waals surface area contributed by atoms with E-state index < -0.39 is 0 Å². The number of rotatable bonds is 2. The molecule has 0 aliphatic carbocycles. The quantitative estimate of drug-likeness (QED) is 0.678. The summed E-state index contributed by atoms with van der Waals surface area (Å²) < 4.78 is 0. The van der Waals surface area contributed by atoms with Crippen molar-refractivity contribution in [1.29, 1.82) is 0 Å². The summed E-state index contributed by atoms with van der Waals surface area (Å²) in [5.74, 6) is 0. The number of hydrogen-bond donors (Lipinski definition) is 2. The minimum atomic E-state index is 0.632. The lowest BCUT2D eigenvalue weighted by Gasteiger charge is -2.00. The summed E-state index contributed by atoms with van der Waals surface area (Å²) in [5, 5.41) is 3.86. The van der Waals surface area contributed by atoms with Gasteiger partial charge in [0.05, 0.1) is 5.39 Å². The van der Waals surface area contributed by atoms with Crippen LogP contribution in [0.5, 0.6) is 0 Å². The average Bonchev–Trinajstić information content (AvgIpc) is 2.60. The lowest BCUT2D eigenvalue weighted by atomic mass is 10.2. The lowest BCUT2D eigenvalue weighted by molar-refractivity contribution is 0.112. The van der Waals surface area contributed by atoms with Gasteiger partial charge < -0.3 is 10.3 Å². The molecule has 0 unspecified atom stereocenters. The van der Waals surface area contributed by atoms with Gasteiger partial charge in [-0.2, -0.15) is 0 Å². The molecule has 0 aromatic carbocycles. The van der Waals surface area contributed by atoms with Crippen LogP contribution in [0.15, 0.2) is 18.5 Å². The highest BCUT2D eigenvalue weighted by Crippen LogP contribution is 2.23. The van der Waals surface area contributed by atoms with Crippen LogP contribution in [0, 0.1) is 0 Å². The topological polar surface area (TPSA) is 57.8 Å². The van der Waals surface area contributed by atoms with Crippen LogP contribution in [0.1, 0.15) is 10.4 Å². The molecule has 13 heavy (non-hydrogen) atoms. The smallest absolute Gasteiger partial charge is 0.152 e. The Morgan fingerprint density at radius 1 is 1.62 bits per heavy atom. The summed E-state index contributed by atoms with van der Waals surface area (Å²) in [6.45, 7) is 0. The number of nitrogens with zero attached hydrogens (tertiary/aromatic N) is 1. The minimum Gasteiger partial charge on any atom is -0.387 e. The van der Waals surface area contributed by atoms with Gasteiger partial charge in [0.1, 0.15) is 5.65 Å². The van der Waals surface area contributed by atoms with Gasteiger partial charge in [-0.25, -0.2) is 4.98 Å². The van der Waals surface area contributed by atoms with E-state index in [9.17, 15) is 4.79 Å². The molecule has 4 nitrogen and oxygen atoms in total. The third-order valence-electron chi connectivity index (χ3n) is 2.00. The highest BCUT2D eigenvalue weighted by Gasteiger charge is 2.06. The Labute approximate surface area is 75.0 Å². The number of aromatic amines is 1. The Morgan fingerprint density at radius 2 is 2.46 bits per heavy atom. The monoisotopic (exact) mass is 175 g/mol. The standard InChI is InChI=1S/C9H9N3O/c1-10-7-2-3-11-9-8(7)6(5-13)4-12-9/h2-5H,1H3,(H2,10,11,12). The Bertz CT molecular complexity index is 447. The summed E-state index contributed by atoms with van der Waals surface area (Å²) in [5.41, 5.74) is 2.27. The Balaban J connectivity index is 2.83. The Kier molecular flexibility index (Phi) is 1.73. The molecular formula is C9H9N3O. The maximum Gasteiger partial charge on any atom is 0.152 e.